The van der Waals surface area contributed by atoms with Gasteiger partial charge in [-0.25, -0.2) is 4.98 Å². The Morgan fingerprint density at radius 2 is 2.21 bits per heavy atom. The van der Waals surface area contributed by atoms with Gasteiger partial charge in [0.15, 0.2) is 0 Å². The van der Waals surface area contributed by atoms with E-state index >= 15 is 0 Å². The van der Waals surface area contributed by atoms with Crippen LogP contribution in [0.1, 0.15) is 45.4 Å². The molecule has 0 aliphatic carbocycles. The highest BCUT2D eigenvalue weighted by Gasteiger charge is 2.13. The standard InChI is InChI=1S/C11H19BrN2/c1-4-6-14-7-5-13-11(14)9(2)8-10(3)12/h5,7,9-10H,4,6,8H2,1-3H3. The maximum Gasteiger partial charge on any atom is 0.111 e. The van der Waals surface area contributed by atoms with Crippen molar-refractivity contribution in [2.75, 3.05) is 0 Å². The van der Waals surface area contributed by atoms with Crippen molar-refractivity contribution in [2.45, 2.75) is 50.9 Å². The van der Waals surface area contributed by atoms with Gasteiger partial charge in [-0.3, -0.25) is 0 Å². The van der Waals surface area contributed by atoms with E-state index in [1.54, 1.807) is 0 Å². The molecule has 2 nitrogen and oxygen atoms in total. The van der Waals surface area contributed by atoms with Gasteiger partial charge < -0.3 is 4.57 Å². The smallest absolute Gasteiger partial charge is 0.111 e. The molecule has 0 bridgehead atoms. The summed E-state index contributed by atoms with van der Waals surface area (Å²) in [7, 11) is 0. The van der Waals surface area contributed by atoms with E-state index < -0.39 is 0 Å². The molecule has 2 atom stereocenters. The molecule has 0 aromatic carbocycles. The predicted octanol–water partition coefficient (Wildman–Crippen LogP) is 3.57. The van der Waals surface area contributed by atoms with Crippen molar-refractivity contribution in [2.24, 2.45) is 0 Å². The number of rotatable bonds is 5. The van der Waals surface area contributed by atoms with Gasteiger partial charge >= 0.3 is 0 Å². The summed E-state index contributed by atoms with van der Waals surface area (Å²) >= 11 is 3.59. The third-order valence-corrected chi connectivity index (χ3v) is 2.71. The van der Waals surface area contributed by atoms with Crippen LogP contribution < -0.4 is 0 Å². The molecule has 0 aliphatic rings. The van der Waals surface area contributed by atoms with Crippen molar-refractivity contribution in [1.82, 2.24) is 9.55 Å². The number of aryl methyl sites for hydroxylation is 1. The first-order valence-corrected chi connectivity index (χ1v) is 6.21. The number of alkyl halides is 1. The second kappa shape index (κ2) is 5.54. The average molecular weight is 259 g/mol. The fraction of sp³-hybridized carbons (Fsp3) is 0.727. The third-order valence-electron chi connectivity index (χ3n) is 2.33. The van der Waals surface area contributed by atoms with Gasteiger partial charge in [0.1, 0.15) is 5.82 Å². The van der Waals surface area contributed by atoms with E-state index in [0.29, 0.717) is 10.7 Å². The van der Waals surface area contributed by atoms with Crippen LogP contribution in [-0.4, -0.2) is 14.4 Å². The third kappa shape index (κ3) is 3.12. The van der Waals surface area contributed by atoms with Gasteiger partial charge in [0.05, 0.1) is 0 Å². The molecule has 0 amide bonds. The first-order chi connectivity index (χ1) is 6.65. The monoisotopic (exact) mass is 258 g/mol. The molecule has 0 N–H and O–H groups in total. The van der Waals surface area contributed by atoms with Gasteiger partial charge in [0, 0.05) is 29.7 Å². The largest absolute Gasteiger partial charge is 0.335 e. The highest BCUT2D eigenvalue weighted by molar-refractivity contribution is 9.09. The maximum atomic E-state index is 4.43. The molecule has 1 heterocycles. The van der Waals surface area contributed by atoms with Gasteiger partial charge in [-0.2, -0.15) is 0 Å². The molecule has 2 unspecified atom stereocenters. The van der Waals surface area contributed by atoms with Crippen LogP contribution in [0.25, 0.3) is 0 Å². The summed E-state index contributed by atoms with van der Waals surface area (Å²) in [6.45, 7) is 7.70. The van der Waals surface area contributed by atoms with Crippen LogP contribution in [0.2, 0.25) is 0 Å². The highest BCUT2D eigenvalue weighted by atomic mass is 79.9. The summed E-state index contributed by atoms with van der Waals surface area (Å²) in [6, 6.07) is 0. The molecule has 80 valence electrons. The fourth-order valence-corrected chi connectivity index (χ4v) is 2.33. The summed E-state index contributed by atoms with van der Waals surface area (Å²) in [5.41, 5.74) is 0. The van der Waals surface area contributed by atoms with Crippen molar-refractivity contribution in [3.63, 3.8) is 0 Å². The van der Waals surface area contributed by atoms with Crippen LogP contribution in [0.4, 0.5) is 0 Å². The number of hydrogen-bond acceptors (Lipinski definition) is 1. The Morgan fingerprint density at radius 1 is 1.50 bits per heavy atom. The molecule has 0 radical (unpaired) electrons. The van der Waals surface area contributed by atoms with Crippen LogP contribution in [0.15, 0.2) is 12.4 Å². The first-order valence-electron chi connectivity index (χ1n) is 5.30. The molecule has 1 rings (SSSR count). The van der Waals surface area contributed by atoms with Crippen molar-refractivity contribution in [3.8, 4) is 0 Å². The van der Waals surface area contributed by atoms with Crippen molar-refractivity contribution in [1.29, 1.82) is 0 Å². The molecule has 1 aromatic rings. The Kier molecular flexibility index (Phi) is 4.66. The van der Waals surface area contributed by atoms with Gasteiger partial charge in [0.25, 0.3) is 0 Å². The van der Waals surface area contributed by atoms with Crippen LogP contribution >= 0.6 is 15.9 Å². The Balaban J connectivity index is 2.68. The Bertz CT molecular complexity index is 268. The Hall–Kier alpha value is -0.310. The minimum Gasteiger partial charge on any atom is -0.335 e. The van der Waals surface area contributed by atoms with E-state index in [-0.39, 0.29) is 0 Å². The molecule has 14 heavy (non-hydrogen) atoms. The molecule has 0 spiro atoms. The molecule has 0 saturated heterocycles. The fourth-order valence-electron chi connectivity index (χ4n) is 1.77. The summed E-state index contributed by atoms with van der Waals surface area (Å²) in [5.74, 6) is 1.75. The number of hydrogen-bond donors (Lipinski definition) is 0. The van der Waals surface area contributed by atoms with E-state index in [9.17, 15) is 0 Å². The summed E-state index contributed by atoms with van der Waals surface area (Å²) in [5, 5.41) is 0. The van der Waals surface area contributed by atoms with Crippen LogP contribution in [0.3, 0.4) is 0 Å². The molecule has 0 saturated carbocycles. The molecule has 0 fully saturated rings. The van der Waals surface area contributed by atoms with Crippen LogP contribution in [-0.2, 0) is 6.54 Å². The zero-order chi connectivity index (χ0) is 10.6. The predicted molar refractivity (Wildman–Crippen MR) is 63.9 cm³/mol. The lowest BCUT2D eigenvalue weighted by Gasteiger charge is -2.14. The lowest BCUT2D eigenvalue weighted by molar-refractivity contribution is 0.566. The second-order valence-corrected chi connectivity index (χ2v) is 5.46. The molecule has 3 heteroatoms. The summed E-state index contributed by atoms with van der Waals surface area (Å²) < 4.78 is 2.26. The van der Waals surface area contributed by atoms with E-state index in [4.69, 9.17) is 0 Å². The Labute approximate surface area is 94.9 Å². The van der Waals surface area contributed by atoms with Crippen molar-refractivity contribution in [3.05, 3.63) is 18.2 Å². The number of aromatic nitrogens is 2. The van der Waals surface area contributed by atoms with E-state index in [1.165, 1.54) is 12.2 Å². The molecular formula is C11H19BrN2. The number of nitrogens with zero attached hydrogens (tertiary/aromatic N) is 2. The highest BCUT2D eigenvalue weighted by Crippen LogP contribution is 2.22. The number of imidazole rings is 1. The summed E-state index contributed by atoms with van der Waals surface area (Å²) in [4.78, 5) is 4.99. The second-order valence-electron chi connectivity index (χ2n) is 3.90. The van der Waals surface area contributed by atoms with Crippen molar-refractivity contribution >= 4 is 15.9 Å². The van der Waals surface area contributed by atoms with E-state index in [2.05, 4.69) is 52.4 Å². The van der Waals surface area contributed by atoms with Crippen molar-refractivity contribution < 1.29 is 0 Å². The van der Waals surface area contributed by atoms with E-state index in [0.717, 1.165) is 13.0 Å². The Morgan fingerprint density at radius 3 is 2.79 bits per heavy atom. The zero-order valence-electron chi connectivity index (χ0n) is 9.20. The minimum atomic E-state index is 0.533. The SMILES string of the molecule is CCCn1ccnc1C(C)CC(C)Br. The molecular weight excluding hydrogens is 240 g/mol. The first kappa shape index (κ1) is 11.8. The lowest BCUT2D eigenvalue weighted by Crippen LogP contribution is -2.09. The zero-order valence-corrected chi connectivity index (χ0v) is 10.8. The number of halogens is 1. The normalized spacial score (nSPS) is 15.4. The average Bonchev–Trinajstić information content (AvgIpc) is 2.51. The molecule has 1 aromatic heterocycles. The lowest BCUT2D eigenvalue weighted by atomic mass is 10.1. The summed E-state index contributed by atoms with van der Waals surface area (Å²) in [6.07, 6.45) is 6.29. The van der Waals surface area contributed by atoms with Gasteiger partial charge in [0.2, 0.25) is 0 Å². The maximum absolute atomic E-state index is 4.43. The molecule has 0 aliphatic heterocycles. The van der Waals surface area contributed by atoms with Crippen LogP contribution in [0.5, 0.6) is 0 Å². The minimum absolute atomic E-state index is 0.533. The quantitative estimate of drug-likeness (QED) is 0.739. The van der Waals surface area contributed by atoms with Gasteiger partial charge in [-0.1, -0.05) is 36.7 Å². The van der Waals surface area contributed by atoms with Gasteiger partial charge in [-0.15, -0.1) is 0 Å². The van der Waals surface area contributed by atoms with Gasteiger partial charge in [-0.05, 0) is 12.8 Å². The van der Waals surface area contributed by atoms with E-state index in [1.807, 2.05) is 6.20 Å². The topological polar surface area (TPSA) is 17.8 Å². The van der Waals surface area contributed by atoms with Crippen LogP contribution in [0, 0.1) is 0 Å².